The van der Waals surface area contributed by atoms with Crippen molar-refractivity contribution >= 4 is 17.5 Å². The number of carbonyl (C=O) groups excluding carboxylic acids is 1. The fourth-order valence-corrected chi connectivity index (χ4v) is 4.80. The number of halogens is 1. The molecule has 0 aromatic rings. The Balaban J connectivity index is 2.11. The van der Waals surface area contributed by atoms with Crippen LogP contribution in [0.2, 0.25) is 0 Å². The molecular formula is C8H8ClN11O11. The van der Waals surface area contributed by atoms with Gasteiger partial charge in [-0.05, 0) is 0 Å². The highest BCUT2D eigenvalue weighted by atomic mass is 35.5. The zero-order chi connectivity index (χ0) is 23.1. The number of piperazine rings is 1. The molecule has 6 atom stereocenters. The second-order valence-electron chi connectivity index (χ2n) is 6.51. The zero-order valence-electron chi connectivity index (χ0n) is 14.5. The molecule has 0 spiro atoms. The van der Waals surface area contributed by atoms with Crippen molar-refractivity contribution in [3.05, 3.63) is 50.6 Å². The zero-order valence-corrected chi connectivity index (χ0v) is 15.2. The second kappa shape index (κ2) is 6.13. The molecule has 22 nitrogen and oxygen atoms in total. The quantitative estimate of drug-likeness (QED) is 0.208. The normalized spacial score (nSPS) is 32.5. The summed E-state index contributed by atoms with van der Waals surface area (Å²) in [5.41, 5.74) is 0. The third kappa shape index (κ3) is 2.18. The SMILES string of the molecule is O=C(CCl)N1[C@H]2[C@H]3N([N+](=O)[O-])[C@@H]4[C@H](N3[N+](=O)[O-])N([N+](=O)[O-])[C@H]1[C@@H](N4[N+](=O)[O-])N2[N+](=O)[O-]. The highest BCUT2D eigenvalue weighted by molar-refractivity contribution is 6.27. The van der Waals surface area contributed by atoms with Crippen LogP contribution >= 0.6 is 11.6 Å². The molecule has 0 radical (unpaired) electrons. The largest absolute Gasteiger partial charge is 0.282 e. The summed E-state index contributed by atoms with van der Waals surface area (Å²) in [6, 6.07) is 0. The topological polar surface area (TPSA) is 252 Å². The molecule has 1 amide bonds. The average Bonchev–Trinajstić information content (AvgIpc) is 3.09. The van der Waals surface area contributed by atoms with Crippen molar-refractivity contribution in [3.8, 4) is 0 Å². The molecule has 168 valence electrons. The van der Waals surface area contributed by atoms with E-state index in [0.717, 1.165) is 0 Å². The summed E-state index contributed by atoms with van der Waals surface area (Å²) < 4.78 is 0. The van der Waals surface area contributed by atoms with E-state index in [9.17, 15) is 55.4 Å². The lowest BCUT2D eigenvalue weighted by atomic mass is 10.2. The number of alkyl halides is 1. The number of nitro groups is 5. The van der Waals surface area contributed by atoms with Gasteiger partial charge in [-0.15, -0.1) is 11.6 Å². The van der Waals surface area contributed by atoms with Crippen LogP contribution in [0.15, 0.2) is 0 Å². The molecule has 6 bridgehead atoms. The van der Waals surface area contributed by atoms with Crippen LogP contribution in [0.5, 0.6) is 0 Å². The van der Waals surface area contributed by atoms with Crippen LogP contribution < -0.4 is 0 Å². The Kier molecular flexibility index (Phi) is 3.96. The van der Waals surface area contributed by atoms with Crippen molar-refractivity contribution in [3.63, 3.8) is 0 Å². The van der Waals surface area contributed by atoms with Gasteiger partial charge in [0.05, 0.1) is 0 Å². The van der Waals surface area contributed by atoms with E-state index in [4.69, 9.17) is 11.6 Å². The van der Waals surface area contributed by atoms with Crippen LogP contribution in [-0.2, 0) is 4.79 Å². The van der Waals surface area contributed by atoms with E-state index in [-0.39, 0.29) is 25.0 Å². The van der Waals surface area contributed by atoms with Crippen LogP contribution in [0.4, 0.5) is 0 Å². The Morgan fingerprint density at radius 2 is 0.806 bits per heavy atom. The molecule has 5 aliphatic rings. The molecule has 0 N–H and O–H groups in total. The van der Waals surface area contributed by atoms with Crippen molar-refractivity contribution in [1.82, 2.24) is 29.9 Å². The van der Waals surface area contributed by atoms with Gasteiger partial charge in [0.2, 0.25) is 18.2 Å². The third-order valence-corrected chi connectivity index (χ3v) is 5.65. The highest BCUT2D eigenvalue weighted by Crippen LogP contribution is 2.51. The standard InChI is InChI=1S/C8H8ClN11O11/c9-1-2(21)10-3-5-11(16(22)23)4(10)6-14(19(28)29)7(12(3)17(24)25)8(13(5)18(26)27)15(6)20(30)31/h3-8H,1H2/t3-,4+,5+,6+,7-,8+/m0/s1. The van der Waals surface area contributed by atoms with Gasteiger partial charge in [0.1, 0.15) is 5.88 Å². The van der Waals surface area contributed by atoms with Gasteiger partial charge in [0, 0.05) is 0 Å². The molecule has 0 aliphatic carbocycles. The summed E-state index contributed by atoms with van der Waals surface area (Å²) >= 11 is 5.50. The minimum absolute atomic E-state index is 0.00256. The third-order valence-electron chi connectivity index (χ3n) is 5.43. The highest BCUT2D eigenvalue weighted by Gasteiger charge is 2.87. The summed E-state index contributed by atoms with van der Waals surface area (Å²) in [5, 5.41) is 52.4. The Morgan fingerprint density at radius 1 is 0.581 bits per heavy atom. The van der Waals surface area contributed by atoms with Crippen LogP contribution in [0.25, 0.3) is 0 Å². The van der Waals surface area contributed by atoms with Crippen molar-refractivity contribution < 1.29 is 30.0 Å². The Morgan fingerprint density at radius 3 is 1.03 bits per heavy atom. The van der Waals surface area contributed by atoms with Crippen LogP contribution in [0.3, 0.4) is 0 Å². The Hall–Kier alpha value is -4.24. The number of hydrogen-bond donors (Lipinski definition) is 0. The molecule has 31 heavy (non-hydrogen) atoms. The summed E-state index contributed by atoms with van der Waals surface area (Å²) in [7, 11) is 0. The lowest BCUT2D eigenvalue weighted by Gasteiger charge is -2.41. The fourth-order valence-electron chi connectivity index (χ4n) is 4.66. The number of hydrazine groups is 5. The molecule has 5 heterocycles. The molecule has 0 aromatic heterocycles. The molecule has 5 aliphatic heterocycles. The van der Waals surface area contributed by atoms with Crippen molar-refractivity contribution in [1.29, 1.82) is 0 Å². The first-order valence-corrected chi connectivity index (χ1v) is 8.51. The van der Waals surface area contributed by atoms with E-state index in [2.05, 4.69) is 0 Å². The van der Waals surface area contributed by atoms with Crippen molar-refractivity contribution in [2.75, 3.05) is 5.88 Å². The second-order valence-corrected chi connectivity index (χ2v) is 6.77. The number of hydrogen-bond acceptors (Lipinski definition) is 11. The van der Waals surface area contributed by atoms with Gasteiger partial charge in [-0.3, -0.25) is 9.69 Å². The Bertz CT molecular complexity index is 917. The molecule has 0 unspecified atom stereocenters. The summed E-state index contributed by atoms with van der Waals surface area (Å²) in [5.74, 6) is -2.15. The average molecular weight is 470 g/mol. The summed E-state index contributed by atoms with van der Waals surface area (Å²) in [6.45, 7) is 0. The lowest BCUT2D eigenvalue weighted by molar-refractivity contribution is -0.786. The first kappa shape index (κ1) is 20.0. The minimum Gasteiger partial charge on any atom is -0.282 e. The first-order chi connectivity index (χ1) is 14.5. The molecule has 5 saturated heterocycles. The van der Waals surface area contributed by atoms with Gasteiger partial charge in [-0.1, -0.05) is 25.0 Å². The summed E-state index contributed by atoms with van der Waals surface area (Å²) in [4.78, 5) is 71.9. The van der Waals surface area contributed by atoms with E-state index in [1.807, 2.05) is 0 Å². The van der Waals surface area contributed by atoms with Gasteiger partial charge in [0.15, 0.2) is 25.2 Å². The van der Waals surface area contributed by atoms with Crippen LogP contribution in [-0.4, -0.2) is 104 Å². The van der Waals surface area contributed by atoms with E-state index in [0.29, 0.717) is 4.90 Å². The van der Waals surface area contributed by atoms with Gasteiger partial charge < -0.3 is 0 Å². The monoisotopic (exact) mass is 469 g/mol. The molecule has 5 fully saturated rings. The molecule has 23 heteroatoms. The van der Waals surface area contributed by atoms with Crippen molar-refractivity contribution in [2.45, 2.75) is 37.0 Å². The van der Waals surface area contributed by atoms with Gasteiger partial charge in [-0.25, -0.2) is 50.6 Å². The lowest BCUT2D eigenvalue weighted by Crippen LogP contribution is -2.77. The predicted octanol–water partition coefficient (Wildman–Crippen LogP) is -3.47. The van der Waals surface area contributed by atoms with Crippen LogP contribution in [0, 0.1) is 50.6 Å². The predicted molar refractivity (Wildman–Crippen MR) is 84.5 cm³/mol. The Labute approximate surface area is 171 Å². The molecule has 0 aromatic carbocycles. The van der Waals surface area contributed by atoms with Crippen molar-refractivity contribution in [2.24, 2.45) is 0 Å². The molecular weight excluding hydrogens is 462 g/mol. The number of rotatable bonds is 6. The van der Waals surface area contributed by atoms with Gasteiger partial charge in [0.25, 0.3) is 24.7 Å². The first-order valence-electron chi connectivity index (χ1n) is 7.97. The summed E-state index contributed by atoms with van der Waals surface area (Å²) in [6.07, 6.45) is -13.3. The van der Waals surface area contributed by atoms with E-state index in [1.165, 1.54) is 0 Å². The molecule has 5 rings (SSSR count). The smallest absolute Gasteiger partial charge is 0.272 e. The maximum atomic E-state index is 12.5. The maximum absolute atomic E-state index is 12.5. The van der Waals surface area contributed by atoms with Gasteiger partial charge in [-0.2, -0.15) is 0 Å². The van der Waals surface area contributed by atoms with Crippen LogP contribution in [0.1, 0.15) is 0 Å². The van der Waals surface area contributed by atoms with E-state index in [1.54, 1.807) is 0 Å². The number of amides is 1. The number of carbonyl (C=O) groups is 1. The maximum Gasteiger partial charge on any atom is 0.272 e. The van der Waals surface area contributed by atoms with E-state index >= 15 is 0 Å². The molecule has 0 saturated carbocycles. The fraction of sp³-hybridized carbons (Fsp3) is 0.875. The van der Waals surface area contributed by atoms with E-state index < -0.39 is 73.9 Å². The minimum atomic E-state index is -2.31. The number of nitrogens with zero attached hydrogens (tertiary/aromatic N) is 11. The van der Waals surface area contributed by atoms with Gasteiger partial charge >= 0.3 is 0 Å².